The number of hydrogen-bond acceptors (Lipinski definition) is 6. The number of anilines is 1. The molecule has 0 aliphatic rings. The van der Waals surface area contributed by atoms with E-state index in [1.54, 1.807) is 73.7 Å². The van der Waals surface area contributed by atoms with Crippen molar-refractivity contribution in [3.63, 3.8) is 0 Å². The molecule has 3 aromatic carbocycles. The molecule has 1 amide bonds. The van der Waals surface area contributed by atoms with E-state index in [0.717, 1.165) is 0 Å². The summed E-state index contributed by atoms with van der Waals surface area (Å²) in [5.41, 5.74) is 1.28. The van der Waals surface area contributed by atoms with Crippen LogP contribution in [0.1, 0.15) is 23.8 Å². The summed E-state index contributed by atoms with van der Waals surface area (Å²) >= 11 is 6.10. The fraction of sp³-hybridized carbons (Fsp3) is 0.207. The molecule has 0 saturated heterocycles. The molecule has 4 aromatic rings. The Morgan fingerprint density at radius 3 is 2.13 bits per heavy atom. The van der Waals surface area contributed by atoms with Gasteiger partial charge in [-0.25, -0.2) is 4.79 Å². The van der Waals surface area contributed by atoms with Crippen molar-refractivity contribution in [2.24, 2.45) is 7.05 Å². The molecule has 0 bridgehead atoms. The van der Waals surface area contributed by atoms with Gasteiger partial charge in [0.15, 0.2) is 6.10 Å². The van der Waals surface area contributed by atoms with E-state index in [2.05, 4.69) is 5.32 Å². The number of fused-ring (bicyclic) bond motifs is 1. The minimum Gasteiger partial charge on any atom is -0.497 e. The topological polar surface area (TPSA) is 95.9 Å². The predicted molar refractivity (Wildman–Crippen MR) is 147 cm³/mol. The van der Waals surface area contributed by atoms with Gasteiger partial charge in [0.05, 0.1) is 14.2 Å². The van der Waals surface area contributed by atoms with Crippen molar-refractivity contribution in [1.82, 2.24) is 4.57 Å². The normalized spacial score (nSPS) is 11.6. The third-order valence-electron chi connectivity index (χ3n) is 6.16. The molecule has 0 saturated carbocycles. The number of esters is 1. The standard InChI is InChI=1S/C29H27ClN2O6/c1-5-24(27(33)31-19-14-20(36-3)16-21(15-19)37-4)38-29(35)26-25(17-10-12-18(30)13-11-17)22-8-6-7-9-23(22)28(34)32(26)2/h6-16,24H,5H2,1-4H3,(H,31,33). The third-order valence-corrected chi connectivity index (χ3v) is 6.41. The maximum atomic E-state index is 13.6. The van der Waals surface area contributed by atoms with Gasteiger partial charge in [0, 0.05) is 46.9 Å². The number of pyridine rings is 1. The molecule has 1 N–H and O–H groups in total. The van der Waals surface area contributed by atoms with E-state index >= 15 is 0 Å². The second-order valence-corrected chi connectivity index (χ2v) is 8.97. The van der Waals surface area contributed by atoms with Gasteiger partial charge in [-0.2, -0.15) is 0 Å². The first-order valence-corrected chi connectivity index (χ1v) is 12.3. The van der Waals surface area contributed by atoms with Crippen molar-refractivity contribution in [1.29, 1.82) is 0 Å². The van der Waals surface area contributed by atoms with Crippen LogP contribution in [0.25, 0.3) is 21.9 Å². The molecular weight excluding hydrogens is 508 g/mol. The van der Waals surface area contributed by atoms with Crippen LogP contribution in [0.5, 0.6) is 11.5 Å². The first kappa shape index (κ1) is 26.8. The molecule has 8 nitrogen and oxygen atoms in total. The van der Waals surface area contributed by atoms with Crippen molar-refractivity contribution in [3.05, 3.63) is 87.8 Å². The Balaban J connectivity index is 1.73. The fourth-order valence-electron chi connectivity index (χ4n) is 4.22. The van der Waals surface area contributed by atoms with Gasteiger partial charge in [-0.3, -0.25) is 9.59 Å². The molecule has 1 unspecified atom stereocenters. The summed E-state index contributed by atoms with van der Waals surface area (Å²) in [5, 5.41) is 4.32. The van der Waals surface area contributed by atoms with Crippen LogP contribution >= 0.6 is 11.6 Å². The minimum absolute atomic E-state index is 0.0327. The number of ether oxygens (including phenoxy) is 3. The molecule has 0 aliphatic heterocycles. The zero-order valence-electron chi connectivity index (χ0n) is 21.4. The molecule has 0 fully saturated rings. The van der Waals surface area contributed by atoms with E-state index in [1.807, 2.05) is 0 Å². The molecule has 38 heavy (non-hydrogen) atoms. The van der Waals surface area contributed by atoms with E-state index in [1.165, 1.54) is 25.8 Å². The number of halogens is 1. The van der Waals surface area contributed by atoms with Crippen LogP contribution in [0.4, 0.5) is 5.69 Å². The largest absolute Gasteiger partial charge is 0.497 e. The second kappa shape index (κ2) is 11.4. The van der Waals surface area contributed by atoms with Crippen molar-refractivity contribution >= 4 is 39.9 Å². The van der Waals surface area contributed by atoms with Crippen LogP contribution in [0.3, 0.4) is 0 Å². The molecule has 0 aliphatic carbocycles. The monoisotopic (exact) mass is 534 g/mol. The van der Waals surface area contributed by atoms with Crippen LogP contribution in [0.2, 0.25) is 5.02 Å². The molecule has 0 spiro atoms. The molecule has 9 heteroatoms. The Morgan fingerprint density at radius 1 is 0.947 bits per heavy atom. The van der Waals surface area contributed by atoms with E-state index in [0.29, 0.717) is 44.1 Å². The average Bonchev–Trinajstić information content (AvgIpc) is 2.93. The minimum atomic E-state index is -1.13. The number of amides is 1. The highest BCUT2D eigenvalue weighted by molar-refractivity contribution is 6.30. The zero-order chi connectivity index (χ0) is 27.4. The Bertz CT molecular complexity index is 1540. The number of nitrogens with one attached hydrogen (secondary N) is 1. The smallest absolute Gasteiger partial charge is 0.356 e. The quantitative estimate of drug-likeness (QED) is 0.302. The Hall–Kier alpha value is -4.30. The summed E-state index contributed by atoms with van der Waals surface area (Å²) in [6.07, 6.45) is -0.921. The highest BCUT2D eigenvalue weighted by atomic mass is 35.5. The van der Waals surface area contributed by atoms with Crippen LogP contribution in [0.15, 0.2) is 71.5 Å². The number of rotatable bonds is 8. The number of aromatic nitrogens is 1. The van der Waals surface area contributed by atoms with E-state index in [-0.39, 0.29) is 17.7 Å². The van der Waals surface area contributed by atoms with Crippen molar-refractivity contribution in [2.75, 3.05) is 19.5 Å². The summed E-state index contributed by atoms with van der Waals surface area (Å²) in [6, 6.07) is 18.9. The van der Waals surface area contributed by atoms with Gasteiger partial charge in [0.25, 0.3) is 11.5 Å². The van der Waals surface area contributed by atoms with Crippen LogP contribution in [-0.4, -0.2) is 36.8 Å². The van der Waals surface area contributed by atoms with Gasteiger partial charge >= 0.3 is 5.97 Å². The van der Waals surface area contributed by atoms with Crippen LogP contribution < -0.4 is 20.3 Å². The summed E-state index contributed by atoms with van der Waals surface area (Å²) < 4.78 is 17.5. The van der Waals surface area contributed by atoms with Crippen molar-refractivity contribution in [3.8, 4) is 22.6 Å². The highest BCUT2D eigenvalue weighted by Gasteiger charge is 2.28. The first-order chi connectivity index (χ1) is 18.3. The maximum Gasteiger partial charge on any atom is 0.356 e. The SMILES string of the molecule is CCC(OC(=O)c1c(-c2ccc(Cl)cc2)c2ccccc2c(=O)n1C)C(=O)Nc1cc(OC)cc(OC)c1. The van der Waals surface area contributed by atoms with E-state index in [9.17, 15) is 14.4 Å². The highest BCUT2D eigenvalue weighted by Crippen LogP contribution is 2.32. The average molecular weight is 535 g/mol. The van der Waals surface area contributed by atoms with Gasteiger partial charge in [-0.05, 0) is 35.6 Å². The van der Waals surface area contributed by atoms with Crippen LogP contribution in [-0.2, 0) is 16.6 Å². The number of methoxy groups -OCH3 is 2. The lowest BCUT2D eigenvalue weighted by Gasteiger charge is -2.20. The number of carbonyl (C=O) groups is 2. The van der Waals surface area contributed by atoms with E-state index < -0.39 is 18.0 Å². The Kier molecular flexibility index (Phi) is 8.02. The molecule has 1 heterocycles. The fourth-order valence-corrected chi connectivity index (χ4v) is 4.35. The van der Waals surface area contributed by atoms with Gasteiger partial charge in [-0.1, -0.05) is 48.9 Å². The van der Waals surface area contributed by atoms with Gasteiger partial charge < -0.3 is 24.1 Å². The number of benzene rings is 3. The molecule has 1 aromatic heterocycles. The first-order valence-electron chi connectivity index (χ1n) is 11.9. The predicted octanol–water partition coefficient (Wildman–Crippen LogP) is 5.45. The molecule has 0 radical (unpaired) electrons. The number of carbonyl (C=O) groups excluding carboxylic acids is 2. The summed E-state index contributed by atoms with van der Waals surface area (Å²) in [5.74, 6) is -0.354. The van der Waals surface area contributed by atoms with Gasteiger partial charge in [0.1, 0.15) is 17.2 Å². The van der Waals surface area contributed by atoms with Crippen LogP contribution in [0, 0.1) is 0 Å². The van der Waals surface area contributed by atoms with Gasteiger partial charge in [0.2, 0.25) is 0 Å². The van der Waals surface area contributed by atoms with E-state index in [4.69, 9.17) is 25.8 Å². The molecule has 4 rings (SSSR count). The lowest BCUT2D eigenvalue weighted by Crippen LogP contribution is -2.34. The summed E-state index contributed by atoms with van der Waals surface area (Å²) in [6.45, 7) is 1.73. The Morgan fingerprint density at radius 2 is 1.55 bits per heavy atom. The molecular formula is C29H27ClN2O6. The van der Waals surface area contributed by atoms with Gasteiger partial charge in [-0.15, -0.1) is 0 Å². The maximum absolute atomic E-state index is 13.6. The number of hydrogen-bond donors (Lipinski definition) is 1. The second-order valence-electron chi connectivity index (χ2n) is 8.53. The van der Waals surface area contributed by atoms with Crippen molar-refractivity contribution in [2.45, 2.75) is 19.4 Å². The molecule has 1 atom stereocenters. The zero-order valence-corrected chi connectivity index (χ0v) is 22.2. The molecule has 196 valence electrons. The summed E-state index contributed by atoms with van der Waals surface area (Å²) in [4.78, 5) is 39.9. The summed E-state index contributed by atoms with van der Waals surface area (Å²) in [7, 11) is 4.51. The number of nitrogens with zero attached hydrogens (tertiary/aromatic N) is 1. The third kappa shape index (κ3) is 5.35. The lowest BCUT2D eigenvalue weighted by atomic mass is 9.96. The lowest BCUT2D eigenvalue weighted by molar-refractivity contribution is -0.124. The van der Waals surface area contributed by atoms with Crippen molar-refractivity contribution < 1.29 is 23.8 Å². The Labute approximate surface area is 224 Å².